The molecule has 3 unspecified atom stereocenters. The van der Waals surface area contributed by atoms with Gasteiger partial charge in [0.1, 0.15) is 12.7 Å². The van der Waals surface area contributed by atoms with Crippen LogP contribution < -0.4 is 0 Å². The van der Waals surface area contributed by atoms with Gasteiger partial charge in [-0.2, -0.15) is 0 Å². The molecule has 0 heterocycles. The van der Waals surface area contributed by atoms with E-state index < -0.39 is 51.8 Å². The molecule has 0 radical (unpaired) electrons. The summed E-state index contributed by atoms with van der Waals surface area (Å²) in [5.41, 5.74) is 0. The number of aliphatic hydroxyl groups is 2. The minimum atomic E-state index is -4.62. The average Bonchev–Trinajstić information content (AvgIpc) is 3.21. The fourth-order valence-corrected chi connectivity index (χ4v) is 7.16. The number of ether oxygens (including phenoxy) is 2. The molecular formula is C47H87O10P. The highest BCUT2D eigenvalue weighted by atomic mass is 31.2. The van der Waals surface area contributed by atoms with E-state index in [4.69, 9.17) is 23.6 Å². The maximum Gasteiger partial charge on any atom is 0.472 e. The van der Waals surface area contributed by atoms with Crippen molar-refractivity contribution in [2.45, 2.75) is 225 Å². The Balaban J connectivity index is 4.18. The van der Waals surface area contributed by atoms with Crippen molar-refractivity contribution in [1.82, 2.24) is 0 Å². The molecule has 0 spiro atoms. The molecule has 0 rings (SSSR count). The summed E-state index contributed by atoms with van der Waals surface area (Å²) in [6, 6.07) is 0. The lowest BCUT2D eigenvalue weighted by molar-refractivity contribution is -0.161. The molecule has 58 heavy (non-hydrogen) atoms. The molecule has 3 atom stereocenters. The second-order valence-corrected chi connectivity index (χ2v) is 17.2. The highest BCUT2D eigenvalue weighted by Gasteiger charge is 2.27. The van der Waals surface area contributed by atoms with E-state index in [0.717, 1.165) is 64.2 Å². The van der Waals surface area contributed by atoms with Crippen LogP contribution in [-0.2, 0) is 32.7 Å². The van der Waals surface area contributed by atoms with Crippen LogP contribution >= 0.6 is 7.82 Å². The molecule has 0 aromatic heterocycles. The standard InChI is InChI=1S/C47H87O10P/c1-3-5-7-9-11-13-15-17-18-19-20-21-22-23-24-25-26-27-29-31-33-35-37-39-47(51)57-45(43-56-58(52,53)55-41-44(49)40-48)42-54-46(50)38-36-34-32-30-28-16-14-12-10-8-6-4-2/h12,14-15,17,19-20,44-45,48-49H,3-11,13,16,18,21-43H2,1-2H3,(H,52,53)/b14-12-,17-15-,20-19-. The topological polar surface area (TPSA) is 149 Å². The third-order valence-corrected chi connectivity index (χ3v) is 11.0. The van der Waals surface area contributed by atoms with Crippen molar-refractivity contribution in [3.63, 3.8) is 0 Å². The SMILES string of the molecule is CCCCC/C=C\CCCCCCCC(=O)OCC(COP(=O)(O)OCC(O)CO)OC(=O)CCCCCCCCCCCCC/C=C\C/C=C\CCCCCCC. The number of aliphatic hydroxyl groups excluding tert-OH is 2. The number of carbonyl (C=O) groups is 2. The smallest absolute Gasteiger partial charge is 0.462 e. The summed E-state index contributed by atoms with van der Waals surface area (Å²) >= 11 is 0. The van der Waals surface area contributed by atoms with Gasteiger partial charge in [0.2, 0.25) is 0 Å². The maximum absolute atomic E-state index is 12.6. The fourth-order valence-electron chi connectivity index (χ4n) is 6.37. The lowest BCUT2D eigenvalue weighted by Gasteiger charge is -2.20. The highest BCUT2D eigenvalue weighted by molar-refractivity contribution is 7.47. The van der Waals surface area contributed by atoms with Gasteiger partial charge in [0.05, 0.1) is 19.8 Å². The number of phosphoric acid groups is 1. The van der Waals surface area contributed by atoms with Gasteiger partial charge in [-0.3, -0.25) is 18.6 Å². The van der Waals surface area contributed by atoms with E-state index in [1.54, 1.807) is 0 Å². The Bertz CT molecular complexity index is 1060. The summed E-state index contributed by atoms with van der Waals surface area (Å²) in [6.45, 7) is 2.35. The number of rotatable bonds is 44. The Hall–Kier alpha value is -1.81. The van der Waals surface area contributed by atoms with Gasteiger partial charge in [0.15, 0.2) is 6.10 Å². The molecule has 0 aliphatic rings. The molecule has 3 N–H and O–H groups in total. The molecule has 0 aliphatic carbocycles. The number of hydrogen-bond donors (Lipinski definition) is 3. The van der Waals surface area contributed by atoms with Crippen molar-refractivity contribution in [2.24, 2.45) is 0 Å². The van der Waals surface area contributed by atoms with Gasteiger partial charge in [-0.15, -0.1) is 0 Å². The average molecular weight is 843 g/mol. The summed E-state index contributed by atoms with van der Waals surface area (Å²) in [4.78, 5) is 35.0. The summed E-state index contributed by atoms with van der Waals surface area (Å²) in [7, 11) is -4.62. The molecule has 0 amide bonds. The van der Waals surface area contributed by atoms with Crippen LogP contribution in [-0.4, -0.2) is 65.7 Å². The van der Waals surface area contributed by atoms with Crippen LogP contribution in [0.4, 0.5) is 0 Å². The van der Waals surface area contributed by atoms with Crippen molar-refractivity contribution in [1.29, 1.82) is 0 Å². The molecule has 0 saturated heterocycles. The third kappa shape index (κ3) is 42.3. The zero-order chi connectivity index (χ0) is 42.6. The first-order valence-corrected chi connectivity index (χ1v) is 24.9. The summed E-state index contributed by atoms with van der Waals surface area (Å²) in [5.74, 6) is -0.934. The van der Waals surface area contributed by atoms with Crippen molar-refractivity contribution in [2.75, 3.05) is 26.4 Å². The Kier molecular flexibility index (Phi) is 41.9. The van der Waals surface area contributed by atoms with Crippen LogP contribution in [0.3, 0.4) is 0 Å². The predicted octanol–water partition coefficient (Wildman–Crippen LogP) is 12.7. The summed E-state index contributed by atoms with van der Waals surface area (Å²) < 4.78 is 32.7. The highest BCUT2D eigenvalue weighted by Crippen LogP contribution is 2.43. The van der Waals surface area contributed by atoms with Gasteiger partial charge < -0.3 is 24.6 Å². The zero-order valence-corrected chi connectivity index (χ0v) is 37.9. The maximum atomic E-state index is 12.6. The molecule has 10 nitrogen and oxygen atoms in total. The van der Waals surface area contributed by atoms with Crippen LogP contribution in [0.25, 0.3) is 0 Å². The van der Waals surface area contributed by atoms with E-state index >= 15 is 0 Å². The summed E-state index contributed by atoms with van der Waals surface area (Å²) in [5, 5.41) is 18.3. The Morgan fingerprint density at radius 2 is 0.897 bits per heavy atom. The van der Waals surface area contributed by atoms with Gasteiger partial charge in [-0.05, 0) is 70.6 Å². The van der Waals surface area contributed by atoms with Crippen LogP contribution in [0, 0.1) is 0 Å². The first kappa shape index (κ1) is 56.2. The van der Waals surface area contributed by atoms with Gasteiger partial charge in [-0.25, -0.2) is 4.57 Å². The van der Waals surface area contributed by atoms with E-state index in [2.05, 4.69) is 50.3 Å². The summed E-state index contributed by atoms with van der Waals surface area (Å²) in [6.07, 6.45) is 45.4. The van der Waals surface area contributed by atoms with E-state index in [1.165, 1.54) is 109 Å². The minimum Gasteiger partial charge on any atom is -0.462 e. The number of hydrogen-bond acceptors (Lipinski definition) is 9. The van der Waals surface area contributed by atoms with Crippen LogP contribution in [0.1, 0.15) is 213 Å². The second-order valence-electron chi connectivity index (χ2n) is 15.8. The van der Waals surface area contributed by atoms with E-state index in [1.807, 2.05) is 0 Å². The molecule has 0 aromatic carbocycles. The van der Waals surface area contributed by atoms with Crippen LogP contribution in [0.5, 0.6) is 0 Å². The molecule has 0 aliphatic heterocycles. The predicted molar refractivity (Wildman–Crippen MR) is 238 cm³/mol. The van der Waals surface area contributed by atoms with Gasteiger partial charge in [0.25, 0.3) is 0 Å². The third-order valence-electron chi connectivity index (χ3n) is 10.0. The van der Waals surface area contributed by atoms with Crippen molar-refractivity contribution in [3.05, 3.63) is 36.5 Å². The van der Waals surface area contributed by atoms with Crippen molar-refractivity contribution < 1.29 is 47.8 Å². The largest absolute Gasteiger partial charge is 0.472 e. The molecule has 0 aromatic rings. The molecule has 340 valence electrons. The quantitative estimate of drug-likeness (QED) is 0.0234. The normalized spacial score (nSPS) is 14.1. The Labute approximate surface area is 354 Å². The van der Waals surface area contributed by atoms with Crippen molar-refractivity contribution >= 4 is 19.8 Å². The molecule has 0 fully saturated rings. The minimum absolute atomic E-state index is 0.181. The fraction of sp³-hybridized carbons (Fsp3) is 0.830. The lowest BCUT2D eigenvalue weighted by atomic mass is 10.0. The molecule has 0 bridgehead atoms. The molecule has 0 saturated carbocycles. The molecule has 11 heteroatoms. The number of unbranched alkanes of at least 4 members (excludes halogenated alkanes) is 24. The number of phosphoric ester groups is 1. The first-order chi connectivity index (χ1) is 28.2. The number of carbonyl (C=O) groups excluding carboxylic acids is 2. The Morgan fingerprint density at radius 3 is 1.38 bits per heavy atom. The monoisotopic (exact) mass is 843 g/mol. The number of allylic oxidation sites excluding steroid dienone is 6. The van der Waals surface area contributed by atoms with E-state index in [-0.39, 0.29) is 19.4 Å². The molecular weight excluding hydrogens is 755 g/mol. The van der Waals surface area contributed by atoms with E-state index in [0.29, 0.717) is 12.8 Å². The van der Waals surface area contributed by atoms with Crippen molar-refractivity contribution in [3.8, 4) is 0 Å². The van der Waals surface area contributed by atoms with Gasteiger partial charge >= 0.3 is 19.8 Å². The number of esters is 2. The van der Waals surface area contributed by atoms with Crippen LogP contribution in [0.2, 0.25) is 0 Å². The lowest BCUT2D eigenvalue weighted by Crippen LogP contribution is -2.29. The van der Waals surface area contributed by atoms with Gasteiger partial charge in [-0.1, -0.05) is 166 Å². The van der Waals surface area contributed by atoms with Crippen LogP contribution in [0.15, 0.2) is 36.5 Å². The Morgan fingerprint density at radius 1 is 0.517 bits per heavy atom. The second kappa shape index (κ2) is 43.3. The zero-order valence-electron chi connectivity index (χ0n) is 37.0. The van der Waals surface area contributed by atoms with Gasteiger partial charge in [0, 0.05) is 12.8 Å². The van der Waals surface area contributed by atoms with E-state index in [9.17, 15) is 24.2 Å². The first-order valence-electron chi connectivity index (χ1n) is 23.4.